The van der Waals surface area contributed by atoms with Crippen molar-refractivity contribution in [1.29, 1.82) is 0 Å². The molecule has 0 N–H and O–H groups in total. The van der Waals surface area contributed by atoms with E-state index >= 15 is 0 Å². The molecule has 0 saturated heterocycles. The van der Waals surface area contributed by atoms with Gasteiger partial charge in [-0.15, -0.1) is 0 Å². The Morgan fingerprint density at radius 3 is 1.35 bits per heavy atom. The minimum atomic E-state index is -0.0201. The highest BCUT2D eigenvalue weighted by atomic mass is 14.4. The Morgan fingerprint density at radius 1 is 0.522 bits per heavy atom. The first-order chi connectivity index (χ1) is 10.5. The van der Waals surface area contributed by atoms with Crippen LogP contribution in [0, 0.1) is 0 Å². The smallest absolute Gasteiger partial charge is 0.0152 e. The summed E-state index contributed by atoms with van der Waals surface area (Å²) in [6.07, 6.45) is 0. The first-order valence-corrected chi connectivity index (χ1v) is 8.65. The van der Waals surface area contributed by atoms with E-state index in [1.807, 2.05) is 0 Å². The van der Waals surface area contributed by atoms with E-state index in [9.17, 15) is 0 Å². The van der Waals surface area contributed by atoms with Crippen LogP contribution < -0.4 is 0 Å². The van der Waals surface area contributed by atoms with Gasteiger partial charge in [0.25, 0.3) is 0 Å². The van der Waals surface area contributed by atoms with Crippen LogP contribution in [-0.2, 0) is 16.2 Å². The van der Waals surface area contributed by atoms with E-state index in [0.717, 1.165) is 0 Å². The predicted octanol–water partition coefficient (Wildman–Crippen LogP) is 6.61. The predicted molar refractivity (Wildman–Crippen MR) is 102 cm³/mol. The van der Waals surface area contributed by atoms with E-state index in [2.05, 4.69) is 104 Å². The third-order valence-electron chi connectivity index (χ3n) is 4.80. The maximum absolute atomic E-state index is 2.36. The summed E-state index contributed by atoms with van der Waals surface area (Å²) in [5.41, 5.74) is 6.02. The van der Waals surface area contributed by atoms with Crippen molar-refractivity contribution >= 4 is 0 Å². The maximum atomic E-state index is 2.36. The van der Waals surface area contributed by atoms with Gasteiger partial charge < -0.3 is 0 Å². The van der Waals surface area contributed by atoms with Crippen molar-refractivity contribution in [1.82, 2.24) is 0 Å². The molecule has 0 aliphatic rings. The van der Waals surface area contributed by atoms with Gasteiger partial charge in [0.2, 0.25) is 0 Å². The minimum absolute atomic E-state index is 0.0201. The second kappa shape index (κ2) is 5.82. The maximum Gasteiger partial charge on any atom is 0.0152 e. The van der Waals surface area contributed by atoms with Crippen LogP contribution in [0.25, 0.3) is 0 Å². The molecule has 0 heterocycles. The molecular formula is C23H32. The standard InChI is InChI=1S/C23H32/c1-21(2,3)18-15-12-16-19(22(4,5)6)20(18)23(7,8)17-13-10-9-11-14-17/h9-16H,1-8H3. The number of hydrogen-bond acceptors (Lipinski definition) is 0. The largest absolute Gasteiger partial charge is 0.0622 e. The second-order valence-corrected chi connectivity index (χ2v) is 9.22. The molecule has 0 fully saturated rings. The fourth-order valence-corrected chi connectivity index (χ4v) is 3.47. The van der Waals surface area contributed by atoms with Crippen LogP contribution in [0.4, 0.5) is 0 Å². The molecule has 0 unspecified atom stereocenters. The summed E-state index contributed by atoms with van der Waals surface area (Å²) in [7, 11) is 0. The number of rotatable bonds is 2. The van der Waals surface area contributed by atoms with Crippen molar-refractivity contribution < 1.29 is 0 Å². The lowest BCUT2D eigenvalue weighted by Crippen LogP contribution is -2.30. The summed E-state index contributed by atoms with van der Waals surface area (Å²) in [4.78, 5) is 0. The van der Waals surface area contributed by atoms with Crippen LogP contribution in [0.2, 0.25) is 0 Å². The van der Waals surface area contributed by atoms with Gasteiger partial charge in [-0.2, -0.15) is 0 Å². The van der Waals surface area contributed by atoms with Crippen molar-refractivity contribution in [2.75, 3.05) is 0 Å². The van der Waals surface area contributed by atoms with Crippen LogP contribution in [-0.4, -0.2) is 0 Å². The van der Waals surface area contributed by atoms with Gasteiger partial charge in [0, 0.05) is 5.41 Å². The van der Waals surface area contributed by atoms with Crippen molar-refractivity contribution in [2.45, 2.75) is 71.6 Å². The zero-order valence-electron chi connectivity index (χ0n) is 16.1. The topological polar surface area (TPSA) is 0 Å². The lowest BCUT2D eigenvalue weighted by Gasteiger charge is -2.38. The van der Waals surface area contributed by atoms with Gasteiger partial charge in [0.05, 0.1) is 0 Å². The Labute approximate surface area is 143 Å². The lowest BCUT2D eigenvalue weighted by atomic mass is 9.66. The Hall–Kier alpha value is -1.56. The highest BCUT2D eigenvalue weighted by molar-refractivity contribution is 5.51. The fraction of sp³-hybridized carbons (Fsp3) is 0.478. The normalized spacial score (nSPS) is 13.2. The van der Waals surface area contributed by atoms with Gasteiger partial charge in [0.1, 0.15) is 0 Å². The molecule has 0 aromatic heterocycles. The summed E-state index contributed by atoms with van der Waals surface area (Å²) < 4.78 is 0. The average Bonchev–Trinajstić information content (AvgIpc) is 2.45. The molecule has 2 rings (SSSR count). The molecule has 0 radical (unpaired) electrons. The second-order valence-electron chi connectivity index (χ2n) is 9.22. The zero-order valence-corrected chi connectivity index (χ0v) is 16.1. The van der Waals surface area contributed by atoms with Gasteiger partial charge in [-0.1, -0.05) is 104 Å². The molecule has 0 bridgehead atoms. The molecule has 124 valence electrons. The third kappa shape index (κ3) is 3.52. The van der Waals surface area contributed by atoms with Gasteiger partial charge in [0.15, 0.2) is 0 Å². The van der Waals surface area contributed by atoms with Gasteiger partial charge in [-0.3, -0.25) is 0 Å². The Bertz CT molecular complexity index is 629. The van der Waals surface area contributed by atoms with Gasteiger partial charge in [-0.25, -0.2) is 0 Å². The molecule has 0 aliphatic carbocycles. The van der Waals surface area contributed by atoms with E-state index < -0.39 is 0 Å². The SMILES string of the molecule is CC(C)(C)c1cccc(C(C)(C)C)c1C(C)(C)c1ccccc1. The first-order valence-electron chi connectivity index (χ1n) is 8.65. The molecule has 0 amide bonds. The van der Waals surface area contributed by atoms with Gasteiger partial charge >= 0.3 is 0 Å². The monoisotopic (exact) mass is 308 g/mol. The van der Waals surface area contributed by atoms with Gasteiger partial charge in [-0.05, 0) is 33.1 Å². The fourth-order valence-electron chi connectivity index (χ4n) is 3.47. The van der Waals surface area contributed by atoms with Crippen molar-refractivity contribution in [3.63, 3.8) is 0 Å². The Morgan fingerprint density at radius 2 is 0.957 bits per heavy atom. The average molecular weight is 309 g/mol. The molecule has 0 saturated carbocycles. The molecule has 2 aromatic rings. The number of hydrogen-bond donors (Lipinski definition) is 0. The van der Waals surface area contributed by atoms with Crippen molar-refractivity contribution in [2.24, 2.45) is 0 Å². The van der Waals surface area contributed by atoms with Crippen LogP contribution in [0.1, 0.15) is 77.6 Å². The van der Waals surface area contributed by atoms with E-state index in [4.69, 9.17) is 0 Å². The molecule has 0 spiro atoms. The van der Waals surface area contributed by atoms with Crippen LogP contribution >= 0.6 is 0 Å². The molecule has 2 aromatic carbocycles. The molecule has 23 heavy (non-hydrogen) atoms. The zero-order chi connectivity index (χ0) is 17.5. The molecule has 0 aliphatic heterocycles. The van der Waals surface area contributed by atoms with Crippen LogP contribution in [0.3, 0.4) is 0 Å². The lowest BCUT2D eigenvalue weighted by molar-refractivity contribution is 0.515. The number of benzene rings is 2. The highest BCUT2D eigenvalue weighted by Crippen LogP contribution is 2.43. The molecule has 0 atom stereocenters. The Kier molecular flexibility index (Phi) is 4.50. The van der Waals surface area contributed by atoms with E-state index in [0.29, 0.717) is 0 Å². The third-order valence-corrected chi connectivity index (χ3v) is 4.80. The molecule has 0 nitrogen and oxygen atoms in total. The Balaban J connectivity index is 2.83. The van der Waals surface area contributed by atoms with E-state index in [1.54, 1.807) is 0 Å². The van der Waals surface area contributed by atoms with E-state index in [1.165, 1.54) is 22.3 Å². The quantitative estimate of drug-likeness (QED) is 0.585. The summed E-state index contributed by atoms with van der Waals surface area (Å²) in [6.45, 7) is 18.6. The van der Waals surface area contributed by atoms with Crippen molar-refractivity contribution in [3.8, 4) is 0 Å². The summed E-state index contributed by atoms with van der Waals surface area (Å²) in [5.74, 6) is 0. The first kappa shape index (κ1) is 17.8. The summed E-state index contributed by atoms with van der Waals surface area (Å²) in [6, 6.07) is 17.8. The minimum Gasteiger partial charge on any atom is -0.0622 e. The molecular weight excluding hydrogens is 276 g/mol. The summed E-state index contributed by atoms with van der Waals surface area (Å²) in [5, 5.41) is 0. The van der Waals surface area contributed by atoms with Crippen molar-refractivity contribution in [3.05, 3.63) is 70.8 Å². The van der Waals surface area contributed by atoms with Crippen LogP contribution in [0.5, 0.6) is 0 Å². The van der Waals surface area contributed by atoms with E-state index in [-0.39, 0.29) is 16.2 Å². The van der Waals surface area contributed by atoms with Crippen LogP contribution in [0.15, 0.2) is 48.5 Å². The summed E-state index contributed by atoms with van der Waals surface area (Å²) >= 11 is 0. The molecule has 0 heteroatoms. The highest BCUT2D eigenvalue weighted by Gasteiger charge is 2.34.